The molecule has 0 radical (unpaired) electrons. The summed E-state index contributed by atoms with van der Waals surface area (Å²) < 4.78 is 7.26. The van der Waals surface area contributed by atoms with Crippen LogP contribution in [0.3, 0.4) is 0 Å². The number of ether oxygens (including phenoxy) is 1. The Bertz CT molecular complexity index is 1040. The summed E-state index contributed by atoms with van der Waals surface area (Å²) in [4.78, 5) is 26.1. The van der Waals surface area contributed by atoms with Crippen molar-refractivity contribution in [3.63, 3.8) is 0 Å². The number of carbonyl (C=O) groups is 2. The van der Waals surface area contributed by atoms with Crippen molar-refractivity contribution >= 4 is 11.6 Å². The number of rotatable bonds is 3. The third-order valence-corrected chi connectivity index (χ3v) is 5.11. The Morgan fingerprint density at radius 1 is 0.963 bits per heavy atom. The largest absolute Gasteiger partial charge is 0.497 e. The lowest BCUT2D eigenvalue weighted by atomic mass is 9.75. The summed E-state index contributed by atoms with van der Waals surface area (Å²) >= 11 is 0. The highest BCUT2D eigenvalue weighted by Crippen LogP contribution is 2.40. The standard InChI is InChI=1S/C23H21NO3/c1-23(2)14-20(25)18-13-19(15-8-5-4-6-9-15)24(21(18)22(23)26)16-10-7-11-17(12-16)27-3/h4-13H,14H2,1-3H3. The summed E-state index contributed by atoms with van der Waals surface area (Å²) in [5, 5.41) is 0. The van der Waals surface area contributed by atoms with Crippen LogP contribution in [0.5, 0.6) is 5.75 Å². The van der Waals surface area contributed by atoms with Crippen LogP contribution in [-0.2, 0) is 0 Å². The minimum absolute atomic E-state index is 0.00780. The second-order valence-corrected chi connectivity index (χ2v) is 7.51. The molecule has 4 nitrogen and oxygen atoms in total. The van der Waals surface area contributed by atoms with Gasteiger partial charge in [-0.1, -0.05) is 50.2 Å². The van der Waals surface area contributed by atoms with Gasteiger partial charge in [-0.05, 0) is 23.8 Å². The SMILES string of the molecule is COc1cccc(-n2c(-c3ccccc3)cc3c2C(=O)C(C)(C)CC3=O)c1. The molecular formula is C23H21NO3. The first-order chi connectivity index (χ1) is 12.9. The number of hydrogen-bond donors (Lipinski definition) is 0. The highest BCUT2D eigenvalue weighted by Gasteiger charge is 2.42. The maximum absolute atomic E-state index is 13.3. The van der Waals surface area contributed by atoms with Gasteiger partial charge in [-0.25, -0.2) is 0 Å². The molecule has 4 rings (SSSR count). The van der Waals surface area contributed by atoms with Gasteiger partial charge in [0.05, 0.1) is 12.8 Å². The van der Waals surface area contributed by atoms with Crippen LogP contribution >= 0.6 is 0 Å². The van der Waals surface area contributed by atoms with Crippen LogP contribution < -0.4 is 4.74 Å². The fraction of sp³-hybridized carbons (Fsp3) is 0.217. The number of methoxy groups -OCH3 is 1. The predicted molar refractivity (Wildman–Crippen MR) is 105 cm³/mol. The van der Waals surface area contributed by atoms with E-state index in [1.807, 2.05) is 79.1 Å². The third-order valence-electron chi connectivity index (χ3n) is 5.11. The van der Waals surface area contributed by atoms with Gasteiger partial charge in [-0.3, -0.25) is 9.59 Å². The summed E-state index contributed by atoms with van der Waals surface area (Å²) in [6.45, 7) is 3.67. The number of aromatic nitrogens is 1. The minimum atomic E-state index is -0.715. The molecule has 0 saturated carbocycles. The molecule has 2 aromatic carbocycles. The van der Waals surface area contributed by atoms with Crippen molar-refractivity contribution in [3.05, 3.63) is 71.9 Å². The van der Waals surface area contributed by atoms with E-state index in [9.17, 15) is 9.59 Å². The summed E-state index contributed by atoms with van der Waals surface area (Å²) in [5.74, 6) is 0.693. The molecule has 0 aliphatic heterocycles. The van der Waals surface area contributed by atoms with Crippen molar-refractivity contribution in [2.24, 2.45) is 5.41 Å². The van der Waals surface area contributed by atoms with Crippen molar-refractivity contribution in [2.75, 3.05) is 7.11 Å². The lowest BCUT2D eigenvalue weighted by Crippen LogP contribution is -2.35. The fourth-order valence-electron chi connectivity index (χ4n) is 3.68. The van der Waals surface area contributed by atoms with Gasteiger partial charge in [0.15, 0.2) is 11.6 Å². The van der Waals surface area contributed by atoms with E-state index in [4.69, 9.17) is 4.74 Å². The number of carbonyl (C=O) groups excluding carboxylic acids is 2. The number of hydrogen-bond acceptors (Lipinski definition) is 3. The maximum atomic E-state index is 13.3. The van der Waals surface area contributed by atoms with Gasteiger partial charge in [-0.2, -0.15) is 0 Å². The van der Waals surface area contributed by atoms with Crippen molar-refractivity contribution < 1.29 is 14.3 Å². The molecule has 1 heterocycles. The van der Waals surface area contributed by atoms with E-state index in [0.29, 0.717) is 17.0 Å². The van der Waals surface area contributed by atoms with Crippen LogP contribution in [0.25, 0.3) is 16.9 Å². The molecule has 136 valence electrons. The highest BCUT2D eigenvalue weighted by atomic mass is 16.5. The van der Waals surface area contributed by atoms with Crippen molar-refractivity contribution in [1.82, 2.24) is 4.57 Å². The van der Waals surface area contributed by atoms with Crippen molar-refractivity contribution in [1.29, 1.82) is 0 Å². The smallest absolute Gasteiger partial charge is 0.186 e. The Morgan fingerprint density at radius 2 is 1.70 bits per heavy atom. The minimum Gasteiger partial charge on any atom is -0.497 e. The number of Topliss-reactive ketones (excluding diaryl/α,β-unsaturated/α-hetero) is 2. The van der Waals surface area contributed by atoms with Crippen LogP contribution in [0.2, 0.25) is 0 Å². The molecule has 0 amide bonds. The van der Waals surface area contributed by atoms with E-state index in [2.05, 4.69) is 0 Å². The molecule has 4 heteroatoms. The molecule has 1 aliphatic rings. The highest BCUT2D eigenvalue weighted by molar-refractivity contribution is 6.16. The van der Waals surface area contributed by atoms with Gasteiger partial charge in [0.25, 0.3) is 0 Å². The maximum Gasteiger partial charge on any atom is 0.186 e. The fourth-order valence-corrected chi connectivity index (χ4v) is 3.68. The van der Waals surface area contributed by atoms with E-state index in [-0.39, 0.29) is 18.0 Å². The van der Waals surface area contributed by atoms with Gasteiger partial charge < -0.3 is 9.30 Å². The van der Waals surface area contributed by atoms with Crippen LogP contribution in [0, 0.1) is 5.41 Å². The molecular weight excluding hydrogens is 338 g/mol. The van der Waals surface area contributed by atoms with Gasteiger partial charge in [0.1, 0.15) is 11.4 Å². The second-order valence-electron chi connectivity index (χ2n) is 7.51. The Balaban J connectivity index is 2.06. The Kier molecular flexibility index (Phi) is 3.99. The number of ketones is 2. The lowest BCUT2D eigenvalue weighted by molar-refractivity contribution is 0.0732. The zero-order valence-corrected chi connectivity index (χ0v) is 15.7. The summed E-state index contributed by atoms with van der Waals surface area (Å²) in [6, 6.07) is 19.2. The van der Waals surface area contributed by atoms with Crippen LogP contribution in [0.15, 0.2) is 60.7 Å². The number of fused-ring (bicyclic) bond motifs is 1. The molecule has 0 unspecified atom stereocenters. The van der Waals surface area contributed by atoms with Crippen LogP contribution in [-0.4, -0.2) is 23.2 Å². The molecule has 0 N–H and O–H groups in total. The summed E-state index contributed by atoms with van der Waals surface area (Å²) in [7, 11) is 1.61. The molecule has 27 heavy (non-hydrogen) atoms. The number of benzene rings is 2. The van der Waals surface area contributed by atoms with E-state index in [1.165, 1.54) is 0 Å². The molecule has 0 fully saturated rings. The second kappa shape index (κ2) is 6.23. The van der Waals surface area contributed by atoms with Gasteiger partial charge in [0.2, 0.25) is 0 Å². The summed E-state index contributed by atoms with van der Waals surface area (Å²) in [5.41, 5.74) is 2.83. The first kappa shape index (κ1) is 17.3. The average Bonchev–Trinajstić information content (AvgIpc) is 3.08. The third kappa shape index (κ3) is 2.78. The van der Waals surface area contributed by atoms with Gasteiger partial charge >= 0.3 is 0 Å². The predicted octanol–water partition coefficient (Wildman–Crippen LogP) is 4.95. The average molecular weight is 359 g/mol. The molecule has 0 spiro atoms. The zero-order chi connectivity index (χ0) is 19.2. The van der Waals surface area contributed by atoms with Gasteiger partial charge in [-0.15, -0.1) is 0 Å². The zero-order valence-electron chi connectivity index (χ0n) is 15.7. The normalized spacial score (nSPS) is 15.5. The Labute approximate surface area is 158 Å². The van der Waals surface area contributed by atoms with E-state index < -0.39 is 5.41 Å². The van der Waals surface area contributed by atoms with E-state index in [0.717, 1.165) is 16.9 Å². The lowest BCUT2D eigenvalue weighted by Gasteiger charge is -2.28. The summed E-state index contributed by atoms with van der Waals surface area (Å²) in [6.07, 6.45) is 0.231. The monoisotopic (exact) mass is 359 g/mol. The molecule has 3 aromatic rings. The van der Waals surface area contributed by atoms with Crippen LogP contribution in [0.1, 0.15) is 41.1 Å². The Hall–Kier alpha value is -3.14. The molecule has 0 saturated heterocycles. The molecule has 0 bridgehead atoms. The topological polar surface area (TPSA) is 48.3 Å². The first-order valence-electron chi connectivity index (χ1n) is 8.96. The van der Waals surface area contributed by atoms with Gasteiger partial charge in [0, 0.05) is 29.2 Å². The first-order valence-corrected chi connectivity index (χ1v) is 8.96. The molecule has 0 atom stereocenters. The molecule has 1 aliphatic carbocycles. The number of nitrogens with zero attached hydrogens (tertiary/aromatic N) is 1. The van der Waals surface area contributed by atoms with Crippen LogP contribution in [0.4, 0.5) is 0 Å². The quantitative estimate of drug-likeness (QED) is 0.665. The Morgan fingerprint density at radius 3 is 2.41 bits per heavy atom. The molecule has 1 aromatic heterocycles. The van der Waals surface area contributed by atoms with E-state index >= 15 is 0 Å². The van der Waals surface area contributed by atoms with Crippen molar-refractivity contribution in [3.8, 4) is 22.7 Å². The van der Waals surface area contributed by atoms with Crippen molar-refractivity contribution in [2.45, 2.75) is 20.3 Å². The van der Waals surface area contributed by atoms with E-state index in [1.54, 1.807) is 7.11 Å².